The third kappa shape index (κ3) is 7.94. The van der Waals surface area contributed by atoms with Crippen molar-refractivity contribution in [2.24, 2.45) is 0 Å². The smallest absolute Gasteiger partial charge is 0.251 e. The summed E-state index contributed by atoms with van der Waals surface area (Å²) in [5.74, 6) is 0.775. The van der Waals surface area contributed by atoms with E-state index in [1.165, 1.54) is 11.0 Å². The SMILES string of the molecule is C[C@@H]1NC(=O)CN(C(=O)/C=C/c2ccccc2)CCCNC(=O)c2cccc(c2)OCCn2nc(-c3ccccc3)nc21. The molecule has 0 radical (unpaired) electrons. The Morgan fingerprint density at radius 3 is 2.49 bits per heavy atom. The minimum atomic E-state index is -0.490. The van der Waals surface area contributed by atoms with Crippen molar-refractivity contribution in [3.8, 4) is 17.1 Å². The summed E-state index contributed by atoms with van der Waals surface area (Å²) in [5, 5.41) is 10.6. The molecule has 10 nitrogen and oxygen atoms in total. The molecule has 1 aromatic heterocycles. The van der Waals surface area contributed by atoms with E-state index < -0.39 is 6.04 Å². The van der Waals surface area contributed by atoms with Gasteiger partial charge >= 0.3 is 0 Å². The first-order valence-electron chi connectivity index (χ1n) is 14.3. The van der Waals surface area contributed by atoms with E-state index in [0.717, 1.165) is 11.1 Å². The molecule has 0 saturated carbocycles. The summed E-state index contributed by atoms with van der Waals surface area (Å²) >= 11 is 0. The molecule has 2 bridgehead atoms. The molecule has 1 atom stereocenters. The first kappa shape index (κ1) is 29.2. The molecule has 2 N–H and O–H groups in total. The molecule has 4 aromatic rings. The Kier molecular flexibility index (Phi) is 9.58. The van der Waals surface area contributed by atoms with Crippen LogP contribution in [-0.4, -0.2) is 63.6 Å². The first-order valence-corrected chi connectivity index (χ1v) is 14.3. The van der Waals surface area contributed by atoms with Crippen LogP contribution in [0, 0.1) is 0 Å². The molecule has 0 saturated heterocycles. The highest BCUT2D eigenvalue weighted by molar-refractivity contribution is 5.95. The molecule has 3 aromatic carbocycles. The van der Waals surface area contributed by atoms with Crippen LogP contribution in [0.3, 0.4) is 0 Å². The molecular weight excluding hydrogens is 544 g/mol. The van der Waals surface area contributed by atoms with Gasteiger partial charge in [0.2, 0.25) is 11.8 Å². The number of hydrogen-bond acceptors (Lipinski definition) is 6. The number of carbonyl (C=O) groups is 3. The number of carbonyl (C=O) groups excluding carboxylic acids is 3. The van der Waals surface area contributed by atoms with Crippen LogP contribution < -0.4 is 15.4 Å². The molecule has 3 amide bonds. The predicted octanol–water partition coefficient (Wildman–Crippen LogP) is 3.88. The van der Waals surface area contributed by atoms with Crippen molar-refractivity contribution in [1.29, 1.82) is 0 Å². The Bertz CT molecular complexity index is 1590. The third-order valence-electron chi connectivity index (χ3n) is 6.92. The number of nitrogens with one attached hydrogen (secondary N) is 2. The van der Waals surface area contributed by atoms with Gasteiger partial charge < -0.3 is 20.3 Å². The normalized spacial score (nSPS) is 16.8. The molecule has 2 heterocycles. The highest BCUT2D eigenvalue weighted by Crippen LogP contribution is 2.20. The molecule has 0 spiro atoms. The lowest BCUT2D eigenvalue weighted by Crippen LogP contribution is -2.42. The van der Waals surface area contributed by atoms with Gasteiger partial charge in [0.1, 0.15) is 18.2 Å². The van der Waals surface area contributed by atoms with Gasteiger partial charge in [-0.1, -0.05) is 66.7 Å². The molecule has 43 heavy (non-hydrogen) atoms. The third-order valence-corrected chi connectivity index (χ3v) is 6.92. The minimum Gasteiger partial charge on any atom is -0.492 e. The van der Waals surface area contributed by atoms with Gasteiger partial charge in [-0.25, -0.2) is 9.67 Å². The van der Waals surface area contributed by atoms with Crippen molar-refractivity contribution < 1.29 is 19.1 Å². The Labute approximate surface area is 250 Å². The Morgan fingerprint density at radius 2 is 1.70 bits per heavy atom. The largest absolute Gasteiger partial charge is 0.492 e. The van der Waals surface area contributed by atoms with Crippen LogP contribution in [0.25, 0.3) is 17.5 Å². The minimum absolute atomic E-state index is 0.152. The molecule has 10 heteroatoms. The predicted molar refractivity (Wildman–Crippen MR) is 163 cm³/mol. The van der Waals surface area contributed by atoms with E-state index in [4.69, 9.17) is 14.8 Å². The fraction of sp³-hybridized carbons (Fsp3) is 0.242. The molecule has 1 aliphatic rings. The lowest BCUT2D eigenvalue weighted by atomic mass is 10.2. The van der Waals surface area contributed by atoms with Crippen molar-refractivity contribution in [2.75, 3.05) is 26.2 Å². The highest BCUT2D eigenvalue weighted by atomic mass is 16.5. The quantitative estimate of drug-likeness (QED) is 0.357. The average molecular weight is 579 g/mol. The lowest BCUT2D eigenvalue weighted by molar-refractivity contribution is -0.132. The maximum absolute atomic E-state index is 13.2. The van der Waals surface area contributed by atoms with Crippen molar-refractivity contribution in [1.82, 2.24) is 30.3 Å². The van der Waals surface area contributed by atoms with E-state index in [1.54, 1.807) is 35.0 Å². The van der Waals surface area contributed by atoms with Crippen LogP contribution in [0.5, 0.6) is 5.75 Å². The van der Waals surface area contributed by atoms with Gasteiger partial charge in [0.25, 0.3) is 5.91 Å². The number of rotatable bonds is 3. The zero-order valence-corrected chi connectivity index (χ0v) is 24.0. The molecule has 0 unspecified atom stereocenters. The number of nitrogens with zero attached hydrogens (tertiary/aromatic N) is 4. The number of benzene rings is 3. The maximum atomic E-state index is 13.2. The Balaban J connectivity index is 1.40. The van der Waals surface area contributed by atoms with Crippen LogP contribution in [0.15, 0.2) is 91.0 Å². The molecule has 0 fully saturated rings. The van der Waals surface area contributed by atoms with Crippen LogP contribution in [0.1, 0.15) is 41.1 Å². The fourth-order valence-electron chi connectivity index (χ4n) is 4.73. The van der Waals surface area contributed by atoms with Crippen molar-refractivity contribution in [3.63, 3.8) is 0 Å². The average Bonchev–Trinajstić information content (AvgIpc) is 3.46. The monoisotopic (exact) mass is 578 g/mol. The van der Waals surface area contributed by atoms with E-state index in [-0.39, 0.29) is 37.4 Å². The fourth-order valence-corrected chi connectivity index (χ4v) is 4.73. The van der Waals surface area contributed by atoms with E-state index in [9.17, 15) is 14.4 Å². The first-order chi connectivity index (χ1) is 21.0. The summed E-state index contributed by atoms with van der Waals surface area (Å²) in [4.78, 5) is 45.5. The summed E-state index contributed by atoms with van der Waals surface area (Å²) in [6.45, 7) is 2.93. The molecule has 5 rings (SSSR count). The molecule has 1 aliphatic heterocycles. The molecule has 220 valence electrons. The van der Waals surface area contributed by atoms with E-state index in [1.807, 2.05) is 67.6 Å². The number of fused-ring (bicyclic) bond motifs is 3. The van der Waals surface area contributed by atoms with Crippen LogP contribution in [-0.2, 0) is 16.1 Å². The summed E-state index contributed by atoms with van der Waals surface area (Å²) < 4.78 is 7.68. The van der Waals surface area contributed by atoms with Gasteiger partial charge in [-0.2, -0.15) is 5.10 Å². The summed E-state index contributed by atoms with van der Waals surface area (Å²) in [5.41, 5.74) is 2.20. The van der Waals surface area contributed by atoms with Gasteiger partial charge in [0, 0.05) is 30.3 Å². The topological polar surface area (TPSA) is 118 Å². The van der Waals surface area contributed by atoms with Crippen LogP contribution in [0.4, 0.5) is 0 Å². The highest BCUT2D eigenvalue weighted by Gasteiger charge is 2.22. The number of amides is 3. The summed E-state index contributed by atoms with van der Waals surface area (Å²) in [6.07, 6.45) is 3.65. The van der Waals surface area contributed by atoms with Gasteiger partial charge in [-0.05, 0) is 43.2 Å². The number of ether oxygens (including phenoxy) is 1. The van der Waals surface area contributed by atoms with Gasteiger partial charge in [-0.15, -0.1) is 0 Å². The molecule has 0 aliphatic carbocycles. The molecular formula is C33H34N6O4. The number of aromatic nitrogens is 3. The van der Waals surface area contributed by atoms with Crippen LogP contribution >= 0.6 is 0 Å². The second kappa shape index (κ2) is 14.1. The van der Waals surface area contributed by atoms with E-state index in [2.05, 4.69) is 10.6 Å². The van der Waals surface area contributed by atoms with Crippen molar-refractivity contribution >= 4 is 23.8 Å². The Hall–Kier alpha value is -5.25. The van der Waals surface area contributed by atoms with Crippen LogP contribution in [0.2, 0.25) is 0 Å². The Morgan fingerprint density at radius 1 is 0.953 bits per heavy atom. The summed E-state index contributed by atoms with van der Waals surface area (Å²) in [6, 6.07) is 25.6. The van der Waals surface area contributed by atoms with Crippen molar-refractivity contribution in [2.45, 2.75) is 25.9 Å². The second-order valence-electron chi connectivity index (χ2n) is 10.2. The van der Waals surface area contributed by atoms with Gasteiger partial charge in [-0.3, -0.25) is 14.4 Å². The lowest BCUT2D eigenvalue weighted by Gasteiger charge is -2.22. The van der Waals surface area contributed by atoms with Crippen molar-refractivity contribution in [3.05, 3.63) is 108 Å². The van der Waals surface area contributed by atoms with Gasteiger partial charge in [0.05, 0.1) is 19.1 Å². The second-order valence-corrected chi connectivity index (χ2v) is 10.2. The summed E-state index contributed by atoms with van der Waals surface area (Å²) in [7, 11) is 0. The van der Waals surface area contributed by atoms with Gasteiger partial charge in [0.15, 0.2) is 5.82 Å². The maximum Gasteiger partial charge on any atom is 0.251 e. The van der Waals surface area contributed by atoms with E-state index >= 15 is 0 Å². The zero-order chi connectivity index (χ0) is 30.0. The number of hydrogen-bond donors (Lipinski definition) is 2. The standard InChI is InChI=1S/C33H34N6O4/c1-24-32-36-31(26-12-6-3-7-13-26)37-39(32)20-21-43-28-15-8-14-27(22-28)33(42)34-18-9-19-38(23-29(40)35-24)30(41)17-16-25-10-4-2-5-11-25/h2-8,10-17,22,24H,9,18-21,23H2,1H3,(H,34,42)(H,35,40)/b17-16+/t24-/m0/s1. The van der Waals surface area contributed by atoms with E-state index in [0.29, 0.717) is 42.5 Å². The zero-order valence-electron chi connectivity index (χ0n) is 24.0.